The highest BCUT2D eigenvalue weighted by Gasteiger charge is 2.22. The minimum atomic E-state index is -0.0272. The normalized spacial score (nSPS) is 19.6. The van der Waals surface area contributed by atoms with Gasteiger partial charge in [-0.15, -0.1) is 0 Å². The first-order valence-corrected chi connectivity index (χ1v) is 7.72. The molecule has 0 bridgehead atoms. The van der Waals surface area contributed by atoms with Crippen molar-refractivity contribution in [3.8, 4) is 0 Å². The van der Waals surface area contributed by atoms with Crippen molar-refractivity contribution in [2.75, 3.05) is 13.1 Å². The van der Waals surface area contributed by atoms with Crippen LogP contribution in [-0.2, 0) is 6.54 Å². The lowest BCUT2D eigenvalue weighted by Crippen LogP contribution is -2.50. The van der Waals surface area contributed by atoms with Crippen molar-refractivity contribution in [2.24, 2.45) is 10.9 Å². The predicted molar refractivity (Wildman–Crippen MR) is 85.4 cm³/mol. The molecule has 1 saturated heterocycles. The SMILES string of the molecule is CCC(NC1CCN(Cc2ccccc2)CC1)C(N)=NO. The molecule has 2 rings (SSSR count). The van der Waals surface area contributed by atoms with Crippen LogP contribution in [-0.4, -0.2) is 41.1 Å². The van der Waals surface area contributed by atoms with Gasteiger partial charge in [0.15, 0.2) is 5.84 Å². The van der Waals surface area contributed by atoms with Crippen LogP contribution in [0.4, 0.5) is 0 Å². The molecule has 0 spiro atoms. The van der Waals surface area contributed by atoms with Crippen molar-refractivity contribution < 1.29 is 5.21 Å². The number of hydrogen-bond donors (Lipinski definition) is 3. The van der Waals surface area contributed by atoms with Crippen LogP contribution in [0, 0.1) is 0 Å². The van der Waals surface area contributed by atoms with Gasteiger partial charge in [-0.2, -0.15) is 0 Å². The third-order valence-corrected chi connectivity index (χ3v) is 4.15. The highest BCUT2D eigenvalue weighted by molar-refractivity contribution is 5.85. The number of nitrogens with one attached hydrogen (secondary N) is 1. The van der Waals surface area contributed by atoms with Gasteiger partial charge in [-0.3, -0.25) is 4.90 Å². The van der Waals surface area contributed by atoms with Crippen molar-refractivity contribution in [2.45, 2.75) is 44.8 Å². The molecule has 116 valence electrons. The lowest BCUT2D eigenvalue weighted by Gasteiger charge is -2.34. The lowest BCUT2D eigenvalue weighted by atomic mass is 10.0. The molecular formula is C16H26N4O. The predicted octanol–water partition coefficient (Wildman–Crippen LogP) is 1.77. The Balaban J connectivity index is 1.78. The van der Waals surface area contributed by atoms with E-state index in [1.54, 1.807) is 0 Å². The molecule has 0 aromatic heterocycles. The maximum absolute atomic E-state index is 8.79. The zero-order valence-corrected chi connectivity index (χ0v) is 12.7. The Hall–Kier alpha value is -1.59. The van der Waals surface area contributed by atoms with Gasteiger partial charge in [-0.1, -0.05) is 42.4 Å². The van der Waals surface area contributed by atoms with Gasteiger partial charge in [0.25, 0.3) is 0 Å². The van der Waals surface area contributed by atoms with Gasteiger partial charge in [0, 0.05) is 12.6 Å². The fraction of sp³-hybridized carbons (Fsp3) is 0.562. The molecular weight excluding hydrogens is 264 g/mol. The second-order valence-electron chi connectivity index (χ2n) is 5.69. The topological polar surface area (TPSA) is 73.9 Å². The van der Waals surface area contributed by atoms with Crippen LogP contribution in [0.3, 0.4) is 0 Å². The summed E-state index contributed by atoms with van der Waals surface area (Å²) in [4.78, 5) is 2.48. The molecule has 1 fully saturated rings. The Labute approximate surface area is 126 Å². The third-order valence-electron chi connectivity index (χ3n) is 4.15. The Morgan fingerprint density at radius 1 is 1.38 bits per heavy atom. The first-order valence-electron chi connectivity index (χ1n) is 7.72. The molecule has 1 aliphatic heterocycles. The van der Waals surface area contributed by atoms with Crippen LogP contribution in [0.25, 0.3) is 0 Å². The average Bonchev–Trinajstić information content (AvgIpc) is 2.54. The number of oxime groups is 1. The summed E-state index contributed by atoms with van der Waals surface area (Å²) in [6, 6.07) is 11.0. The van der Waals surface area contributed by atoms with Gasteiger partial charge in [0.2, 0.25) is 0 Å². The van der Waals surface area contributed by atoms with E-state index in [1.807, 2.05) is 6.92 Å². The largest absolute Gasteiger partial charge is 0.409 e. The molecule has 21 heavy (non-hydrogen) atoms. The van der Waals surface area contributed by atoms with E-state index in [0.29, 0.717) is 6.04 Å². The van der Waals surface area contributed by atoms with Gasteiger partial charge in [-0.05, 0) is 37.9 Å². The Kier molecular flexibility index (Phi) is 6.02. The van der Waals surface area contributed by atoms with Crippen molar-refractivity contribution in [1.29, 1.82) is 0 Å². The second kappa shape index (κ2) is 8.00. The van der Waals surface area contributed by atoms with E-state index < -0.39 is 0 Å². The van der Waals surface area contributed by atoms with Crippen LogP contribution < -0.4 is 11.1 Å². The summed E-state index contributed by atoms with van der Waals surface area (Å²) in [6.07, 6.45) is 3.03. The van der Waals surface area contributed by atoms with Gasteiger partial charge in [-0.25, -0.2) is 0 Å². The van der Waals surface area contributed by atoms with Crippen molar-refractivity contribution in [1.82, 2.24) is 10.2 Å². The first-order chi connectivity index (χ1) is 10.2. The minimum absolute atomic E-state index is 0.0272. The molecule has 0 saturated carbocycles. The van der Waals surface area contributed by atoms with E-state index in [9.17, 15) is 0 Å². The van der Waals surface area contributed by atoms with Gasteiger partial charge < -0.3 is 16.3 Å². The molecule has 1 heterocycles. The maximum Gasteiger partial charge on any atom is 0.156 e. The summed E-state index contributed by atoms with van der Waals surface area (Å²) in [7, 11) is 0. The minimum Gasteiger partial charge on any atom is -0.409 e. The zero-order chi connectivity index (χ0) is 15.1. The fourth-order valence-corrected chi connectivity index (χ4v) is 2.87. The van der Waals surface area contributed by atoms with E-state index in [0.717, 1.165) is 38.9 Å². The molecule has 5 heteroatoms. The van der Waals surface area contributed by atoms with Gasteiger partial charge in [0.05, 0.1) is 6.04 Å². The van der Waals surface area contributed by atoms with E-state index >= 15 is 0 Å². The number of piperidine rings is 1. The summed E-state index contributed by atoms with van der Waals surface area (Å²) in [5, 5.41) is 15.4. The monoisotopic (exact) mass is 290 g/mol. The molecule has 1 atom stereocenters. The summed E-state index contributed by atoms with van der Waals surface area (Å²) < 4.78 is 0. The number of rotatable bonds is 6. The molecule has 0 aliphatic carbocycles. The number of nitrogens with two attached hydrogens (primary N) is 1. The molecule has 5 nitrogen and oxygen atoms in total. The number of hydrogen-bond acceptors (Lipinski definition) is 4. The number of benzene rings is 1. The van der Waals surface area contributed by atoms with E-state index in [-0.39, 0.29) is 11.9 Å². The molecule has 1 aromatic rings. The Morgan fingerprint density at radius 2 is 2.05 bits per heavy atom. The van der Waals surface area contributed by atoms with Gasteiger partial charge in [0.1, 0.15) is 0 Å². The summed E-state index contributed by atoms with van der Waals surface area (Å²) in [6.45, 7) is 5.23. The third kappa shape index (κ3) is 4.72. The van der Waals surface area contributed by atoms with Gasteiger partial charge >= 0.3 is 0 Å². The second-order valence-corrected chi connectivity index (χ2v) is 5.69. The van der Waals surface area contributed by atoms with E-state index in [2.05, 4.69) is 45.7 Å². The Bertz CT molecular complexity index is 441. The molecule has 0 amide bonds. The standard InChI is InChI=1S/C16H26N4O/c1-2-15(16(17)19-21)18-14-8-10-20(11-9-14)12-13-6-4-3-5-7-13/h3-7,14-15,18,21H,2,8-12H2,1H3,(H2,17,19). The molecule has 1 unspecified atom stereocenters. The highest BCUT2D eigenvalue weighted by Crippen LogP contribution is 2.14. The van der Waals surface area contributed by atoms with E-state index in [1.165, 1.54) is 5.56 Å². The highest BCUT2D eigenvalue weighted by atomic mass is 16.4. The Morgan fingerprint density at radius 3 is 2.62 bits per heavy atom. The number of nitrogens with zero attached hydrogens (tertiary/aromatic N) is 2. The van der Waals surface area contributed by atoms with Crippen LogP contribution in [0.1, 0.15) is 31.7 Å². The maximum atomic E-state index is 8.79. The lowest BCUT2D eigenvalue weighted by molar-refractivity contribution is 0.187. The summed E-state index contributed by atoms with van der Waals surface area (Å²) in [5.41, 5.74) is 7.07. The smallest absolute Gasteiger partial charge is 0.156 e. The molecule has 1 aromatic carbocycles. The van der Waals surface area contributed by atoms with Crippen LogP contribution in [0.2, 0.25) is 0 Å². The van der Waals surface area contributed by atoms with Crippen LogP contribution in [0.15, 0.2) is 35.5 Å². The quantitative estimate of drug-likeness (QED) is 0.323. The van der Waals surface area contributed by atoms with E-state index in [4.69, 9.17) is 10.9 Å². The fourth-order valence-electron chi connectivity index (χ4n) is 2.87. The number of likely N-dealkylation sites (tertiary alicyclic amines) is 1. The summed E-state index contributed by atoms with van der Waals surface area (Å²) >= 11 is 0. The molecule has 0 radical (unpaired) electrons. The van der Waals surface area contributed by atoms with Crippen LogP contribution >= 0.6 is 0 Å². The zero-order valence-electron chi connectivity index (χ0n) is 12.7. The molecule has 1 aliphatic rings. The average molecular weight is 290 g/mol. The van der Waals surface area contributed by atoms with Crippen molar-refractivity contribution in [3.63, 3.8) is 0 Å². The molecule has 4 N–H and O–H groups in total. The first kappa shape index (κ1) is 15.8. The van der Waals surface area contributed by atoms with Crippen molar-refractivity contribution >= 4 is 5.84 Å². The summed E-state index contributed by atoms with van der Waals surface area (Å²) in [5.74, 6) is 0.282. The van der Waals surface area contributed by atoms with Crippen LogP contribution in [0.5, 0.6) is 0 Å². The van der Waals surface area contributed by atoms with Crippen molar-refractivity contribution in [3.05, 3.63) is 35.9 Å². The number of amidine groups is 1.